The zero-order valence-corrected chi connectivity index (χ0v) is 11.2. The summed E-state index contributed by atoms with van der Waals surface area (Å²) in [5.74, 6) is 0.782. The highest BCUT2D eigenvalue weighted by Crippen LogP contribution is 2.26. The van der Waals surface area contributed by atoms with Crippen LogP contribution in [0.1, 0.15) is 17.4 Å². The summed E-state index contributed by atoms with van der Waals surface area (Å²) >= 11 is 5.83. The van der Waals surface area contributed by atoms with Gasteiger partial charge in [0.1, 0.15) is 5.76 Å². The Labute approximate surface area is 116 Å². The number of pyridine rings is 1. The number of furan rings is 1. The number of fused-ring (bicyclic) bond motifs is 1. The molecule has 0 aliphatic rings. The number of aromatic nitrogens is 1. The standard InChI is InChI=1S/C15H13ClN2O/c1-17-15(13-6-7-14(16)19-13)11-8-10-4-2-3-5-12(10)18-9-11/h2-9,15,17H,1H3. The van der Waals surface area contributed by atoms with Gasteiger partial charge in [-0.25, -0.2) is 0 Å². The Morgan fingerprint density at radius 2 is 2.05 bits per heavy atom. The molecule has 1 unspecified atom stereocenters. The Hall–Kier alpha value is -1.84. The molecule has 0 aliphatic carbocycles. The summed E-state index contributed by atoms with van der Waals surface area (Å²) in [6.45, 7) is 0. The van der Waals surface area contributed by atoms with Gasteiger partial charge < -0.3 is 9.73 Å². The van der Waals surface area contributed by atoms with Gasteiger partial charge >= 0.3 is 0 Å². The highest BCUT2D eigenvalue weighted by molar-refractivity contribution is 6.28. The first kappa shape index (κ1) is 12.2. The van der Waals surface area contributed by atoms with Crippen molar-refractivity contribution in [1.29, 1.82) is 0 Å². The van der Waals surface area contributed by atoms with Crippen LogP contribution in [0.4, 0.5) is 0 Å². The van der Waals surface area contributed by atoms with Gasteiger partial charge in [0.15, 0.2) is 5.22 Å². The molecule has 1 N–H and O–H groups in total. The van der Waals surface area contributed by atoms with Crippen LogP contribution in [0, 0.1) is 0 Å². The van der Waals surface area contributed by atoms with Gasteiger partial charge in [0.2, 0.25) is 0 Å². The van der Waals surface area contributed by atoms with Gasteiger partial charge in [-0.15, -0.1) is 0 Å². The quantitative estimate of drug-likeness (QED) is 0.788. The Morgan fingerprint density at radius 1 is 1.21 bits per heavy atom. The monoisotopic (exact) mass is 272 g/mol. The number of hydrogen-bond donors (Lipinski definition) is 1. The third kappa shape index (κ3) is 2.35. The lowest BCUT2D eigenvalue weighted by Gasteiger charge is -2.14. The molecular formula is C15H13ClN2O. The minimum Gasteiger partial charge on any atom is -0.448 e. The molecule has 0 fully saturated rings. The van der Waals surface area contributed by atoms with Crippen LogP contribution in [-0.2, 0) is 0 Å². The fourth-order valence-electron chi connectivity index (χ4n) is 2.20. The predicted octanol–water partition coefficient (Wildman–Crippen LogP) is 3.79. The molecule has 2 heterocycles. The molecule has 0 amide bonds. The van der Waals surface area contributed by atoms with Crippen molar-refractivity contribution in [2.45, 2.75) is 6.04 Å². The van der Waals surface area contributed by atoms with Crippen molar-refractivity contribution in [3.8, 4) is 0 Å². The van der Waals surface area contributed by atoms with Crippen LogP contribution in [0.3, 0.4) is 0 Å². The van der Waals surface area contributed by atoms with E-state index in [1.165, 1.54) is 0 Å². The van der Waals surface area contributed by atoms with Crippen LogP contribution in [-0.4, -0.2) is 12.0 Å². The van der Waals surface area contributed by atoms with E-state index in [0.717, 1.165) is 22.2 Å². The topological polar surface area (TPSA) is 38.1 Å². The largest absolute Gasteiger partial charge is 0.448 e. The van der Waals surface area contributed by atoms with Crippen molar-refractivity contribution in [2.24, 2.45) is 0 Å². The number of nitrogens with one attached hydrogen (secondary N) is 1. The average Bonchev–Trinajstić information content (AvgIpc) is 2.86. The number of halogens is 1. The number of rotatable bonds is 3. The van der Waals surface area contributed by atoms with Crippen molar-refractivity contribution in [3.05, 3.63) is 65.2 Å². The summed E-state index contributed by atoms with van der Waals surface area (Å²) in [4.78, 5) is 4.47. The summed E-state index contributed by atoms with van der Waals surface area (Å²) in [5, 5.41) is 4.72. The van der Waals surface area contributed by atoms with Gasteiger partial charge in [-0.05, 0) is 48.5 Å². The Kier molecular flexibility index (Phi) is 3.23. The van der Waals surface area contributed by atoms with Crippen molar-refractivity contribution in [2.75, 3.05) is 7.05 Å². The zero-order valence-electron chi connectivity index (χ0n) is 10.4. The number of benzene rings is 1. The third-order valence-electron chi connectivity index (χ3n) is 3.11. The van der Waals surface area contributed by atoms with Crippen molar-refractivity contribution < 1.29 is 4.42 Å². The first-order chi connectivity index (χ1) is 9.28. The Balaban J connectivity index is 2.06. The number of para-hydroxylation sites is 1. The summed E-state index contributed by atoms with van der Waals surface area (Å²) in [6, 6.07) is 13.7. The third-order valence-corrected chi connectivity index (χ3v) is 3.32. The molecule has 4 heteroatoms. The number of nitrogens with zero attached hydrogens (tertiary/aromatic N) is 1. The highest BCUT2D eigenvalue weighted by atomic mass is 35.5. The van der Waals surface area contributed by atoms with E-state index in [1.54, 1.807) is 6.07 Å². The van der Waals surface area contributed by atoms with E-state index >= 15 is 0 Å². The lowest BCUT2D eigenvalue weighted by Crippen LogP contribution is -2.17. The number of hydrogen-bond acceptors (Lipinski definition) is 3. The Morgan fingerprint density at radius 3 is 2.79 bits per heavy atom. The maximum atomic E-state index is 5.83. The van der Waals surface area contributed by atoms with Crippen LogP contribution >= 0.6 is 11.6 Å². The Bertz CT molecular complexity index is 708. The molecule has 96 valence electrons. The van der Waals surface area contributed by atoms with Crippen molar-refractivity contribution in [3.63, 3.8) is 0 Å². The maximum absolute atomic E-state index is 5.83. The van der Waals surface area contributed by atoms with E-state index in [1.807, 2.05) is 43.6 Å². The van der Waals surface area contributed by atoms with E-state index in [4.69, 9.17) is 16.0 Å². The lowest BCUT2D eigenvalue weighted by atomic mass is 10.0. The van der Waals surface area contributed by atoms with Crippen LogP contribution in [0.25, 0.3) is 10.9 Å². The van der Waals surface area contributed by atoms with Crippen molar-refractivity contribution in [1.82, 2.24) is 10.3 Å². The van der Waals surface area contributed by atoms with Crippen molar-refractivity contribution >= 4 is 22.5 Å². The van der Waals surface area contributed by atoms with Gasteiger partial charge in [-0.2, -0.15) is 0 Å². The average molecular weight is 273 g/mol. The molecule has 3 nitrogen and oxygen atoms in total. The summed E-state index contributed by atoms with van der Waals surface area (Å²) in [5.41, 5.74) is 2.03. The van der Waals surface area contributed by atoms with Crippen LogP contribution in [0.5, 0.6) is 0 Å². The molecule has 0 radical (unpaired) electrons. The van der Waals surface area contributed by atoms with E-state index in [9.17, 15) is 0 Å². The molecule has 0 spiro atoms. The summed E-state index contributed by atoms with van der Waals surface area (Å²) < 4.78 is 5.48. The SMILES string of the molecule is CNC(c1cnc2ccccc2c1)c1ccc(Cl)o1. The molecule has 2 aromatic heterocycles. The van der Waals surface area contributed by atoms with Gasteiger partial charge in [0.05, 0.1) is 11.6 Å². The fourth-order valence-corrected chi connectivity index (χ4v) is 2.35. The minimum atomic E-state index is -0.0513. The summed E-state index contributed by atoms with van der Waals surface area (Å²) in [6.07, 6.45) is 1.86. The van der Waals surface area contributed by atoms with Gasteiger partial charge in [0, 0.05) is 11.6 Å². The highest BCUT2D eigenvalue weighted by Gasteiger charge is 2.16. The maximum Gasteiger partial charge on any atom is 0.193 e. The molecular weight excluding hydrogens is 260 g/mol. The lowest BCUT2D eigenvalue weighted by molar-refractivity contribution is 0.464. The second-order valence-electron chi connectivity index (χ2n) is 4.32. The second-order valence-corrected chi connectivity index (χ2v) is 4.70. The fraction of sp³-hybridized carbons (Fsp3) is 0.133. The van der Waals surface area contributed by atoms with Gasteiger partial charge in [-0.1, -0.05) is 18.2 Å². The minimum absolute atomic E-state index is 0.0513. The molecule has 1 atom stereocenters. The van der Waals surface area contributed by atoms with E-state index in [-0.39, 0.29) is 6.04 Å². The predicted molar refractivity (Wildman–Crippen MR) is 76.4 cm³/mol. The molecule has 0 aliphatic heterocycles. The van der Waals surface area contributed by atoms with E-state index in [2.05, 4.69) is 16.4 Å². The molecule has 0 bridgehead atoms. The van der Waals surface area contributed by atoms with Crippen LogP contribution < -0.4 is 5.32 Å². The van der Waals surface area contributed by atoms with E-state index in [0.29, 0.717) is 5.22 Å². The first-order valence-corrected chi connectivity index (χ1v) is 6.43. The molecule has 3 aromatic rings. The van der Waals surface area contributed by atoms with Gasteiger partial charge in [0.25, 0.3) is 0 Å². The van der Waals surface area contributed by atoms with Crippen LogP contribution in [0.2, 0.25) is 5.22 Å². The zero-order chi connectivity index (χ0) is 13.2. The molecule has 19 heavy (non-hydrogen) atoms. The molecule has 0 saturated carbocycles. The molecule has 1 aromatic carbocycles. The van der Waals surface area contributed by atoms with Crippen LogP contribution in [0.15, 0.2) is 53.1 Å². The second kappa shape index (κ2) is 5.03. The smallest absolute Gasteiger partial charge is 0.193 e. The normalized spacial score (nSPS) is 12.7. The van der Waals surface area contributed by atoms with E-state index < -0.39 is 0 Å². The molecule has 0 saturated heterocycles. The van der Waals surface area contributed by atoms with Gasteiger partial charge in [-0.3, -0.25) is 4.98 Å². The molecule has 3 rings (SSSR count). The summed E-state index contributed by atoms with van der Waals surface area (Å²) in [7, 11) is 1.89. The first-order valence-electron chi connectivity index (χ1n) is 6.05.